The van der Waals surface area contributed by atoms with Crippen LogP contribution in [0.3, 0.4) is 0 Å². The Kier molecular flexibility index (Phi) is 6.60. The maximum atomic E-state index is 15.2. The van der Waals surface area contributed by atoms with Gasteiger partial charge in [-0.25, -0.2) is 17.8 Å². The van der Waals surface area contributed by atoms with E-state index in [9.17, 15) is 13.2 Å². The largest absolute Gasteiger partial charge is 0.475 e. The van der Waals surface area contributed by atoms with Gasteiger partial charge in [0.05, 0.1) is 40.6 Å². The monoisotopic (exact) mass is 517 g/mol. The van der Waals surface area contributed by atoms with Crippen LogP contribution in [0.5, 0.6) is 5.88 Å². The van der Waals surface area contributed by atoms with Crippen LogP contribution in [-0.2, 0) is 26.6 Å². The molecule has 1 amide bonds. The first-order chi connectivity index (χ1) is 16.8. The van der Waals surface area contributed by atoms with Crippen molar-refractivity contribution in [3.05, 3.63) is 47.7 Å². The number of rotatable bonds is 5. The molecule has 4 rings (SSSR count). The van der Waals surface area contributed by atoms with Gasteiger partial charge < -0.3 is 19.8 Å². The summed E-state index contributed by atoms with van der Waals surface area (Å²) in [4.78, 5) is 18.3. The van der Waals surface area contributed by atoms with Gasteiger partial charge in [-0.05, 0) is 31.5 Å². The number of anilines is 1. The predicted octanol–water partition coefficient (Wildman–Crippen LogP) is 3.00. The highest BCUT2D eigenvalue weighted by Crippen LogP contribution is 2.37. The number of fused-ring (bicyclic) bond motifs is 1. The number of nitrogens with zero attached hydrogens (tertiary/aromatic N) is 4. The lowest BCUT2D eigenvalue weighted by atomic mass is 9.97. The van der Waals surface area contributed by atoms with E-state index < -0.39 is 38.8 Å². The van der Waals surface area contributed by atoms with Crippen LogP contribution in [0, 0.1) is 5.82 Å². The fourth-order valence-corrected chi connectivity index (χ4v) is 5.25. The van der Waals surface area contributed by atoms with Gasteiger partial charge in [0.15, 0.2) is 9.84 Å². The first kappa shape index (κ1) is 25.7. The van der Waals surface area contributed by atoms with E-state index in [1.165, 1.54) is 17.2 Å². The molecule has 1 aliphatic rings. The van der Waals surface area contributed by atoms with Gasteiger partial charge >= 0.3 is 0 Å². The van der Waals surface area contributed by atoms with Crippen LogP contribution in [0.4, 0.5) is 10.1 Å². The van der Waals surface area contributed by atoms with Crippen LogP contribution in [0.1, 0.15) is 46.1 Å². The number of sulfone groups is 1. The zero-order valence-corrected chi connectivity index (χ0v) is 21.5. The van der Waals surface area contributed by atoms with Crippen molar-refractivity contribution in [1.29, 1.82) is 0 Å². The first-order valence-corrected chi connectivity index (χ1v) is 13.0. The fourth-order valence-electron chi connectivity index (χ4n) is 3.68. The van der Waals surface area contributed by atoms with Crippen molar-refractivity contribution in [2.45, 2.75) is 63.6 Å². The summed E-state index contributed by atoms with van der Waals surface area (Å²) in [5.74, 6) is -1.59. The molecule has 12 heteroatoms. The second kappa shape index (κ2) is 9.25. The molecule has 3 aromatic rings. The van der Waals surface area contributed by atoms with E-state index in [-0.39, 0.29) is 40.6 Å². The minimum atomic E-state index is -4.08. The maximum Gasteiger partial charge on any atom is 0.250 e. The topological polar surface area (TPSA) is 142 Å². The Bertz CT molecular complexity index is 1400. The van der Waals surface area contributed by atoms with Gasteiger partial charge in [-0.2, -0.15) is 0 Å². The van der Waals surface area contributed by atoms with Crippen LogP contribution in [0.2, 0.25) is 0 Å². The van der Waals surface area contributed by atoms with Gasteiger partial charge in [0.1, 0.15) is 5.82 Å². The van der Waals surface area contributed by atoms with Crippen molar-refractivity contribution < 1.29 is 26.8 Å². The third kappa shape index (κ3) is 5.09. The van der Waals surface area contributed by atoms with Crippen molar-refractivity contribution in [2.75, 3.05) is 10.7 Å². The number of aromatic nitrogens is 3. The number of hydrogen-bond acceptors (Lipinski definition) is 9. The lowest BCUT2D eigenvalue weighted by molar-refractivity contribution is -0.119. The molecular formula is C24H28FN5O5S. The molecule has 0 unspecified atom stereocenters. The van der Waals surface area contributed by atoms with E-state index >= 15 is 4.39 Å². The Morgan fingerprint density at radius 3 is 2.56 bits per heavy atom. The first-order valence-electron chi connectivity index (χ1n) is 11.4. The Labute approximate surface area is 208 Å². The second-order valence-corrected chi connectivity index (χ2v) is 11.9. The number of halogens is 1. The van der Waals surface area contributed by atoms with E-state index in [4.69, 9.17) is 14.9 Å². The summed E-state index contributed by atoms with van der Waals surface area (Å²) in [5.41, 5.74) is 5.91. The number of pyridine rings is 1. The third-order valence-corrected chi connectivity index (χ3v) is 7.24. The Hall–Kier alpha value is -3.38. The van der Waals surface area contributed by atoms with Gasteiger partial charge in [-0.15, -0.1) is 10.2 Å². The van der Waals surface area contributed by atoms with Crippen LogP contribution in [-0.4, -0.2) is 47.4 Å². The lowest BCUT2D eigenvalue weighted by Crippen LogP contribution is -2.45. The molecule has 36 heavy (non-hydrogen) atoms. The Morgan fingerprint density at radius 2 is 1.97 bits per heavy atom. The summed E-state index contributed by atoms with van der Waals surface area (Å²) in [5, 5.41) is 7.92. The lowest BCUT2D eigenvalue weighted by Gasteiger charge is -2.24. The van der Waals surface area contributed by atoms with E-state index in [1.54, 1.807) is 12.1 Å². The molecule has 2 N–H and O–H groups in total. The highest BCUT2D eigenvalue weighted by atomic mass is 32.2. The number of benzene rings is 1. The molecule has 1 aromatic carbocycles. The molecule has 10 nitrogen and oxygen atoms in total. The second-order valence-electron chi connectivity index (χ2n) is 9.95. The molecule has 192 valence electrons. The summed E-state index contributed by atoms with van der Waals surface area (Å²) in [7, 11) is -4.08. The molecule has 0 aliphatic carbocycles. The van der Waals surface area contributed by atoms with E-state index in [1.807, 2.05) is 34.6 Å². The van der Waals surface area contributed by atoms with Crippen molar-refractivity contribution >= 4 is 21.4 Å². The number of amides is 1. The smallest absolute Gasteiger partial charge is 0.250 e. The maximum absolute atomic E-state index is 15.2. The highest BCUT2D eigenvalue weighted by Gasteiger charge is 2.37. The van der Waals surface area contributed by atoms with Gasteiger partial charge in [-0.3, -0.25) is 4.79 Å². The summed E-state index contributed by atoms with van der Waals surface area (Å²) >= 11 is 0. The Balaban J connectivity index is 1.82. The minimum absolute atomic E-state index is 0.0256. The average Bonchev–Trinajstić information content (AvgIpc) is 3.26. The van der Waals surface area contributed by atoms with E-state index in [2.05, 4.69) is 15.2 Å². The van der Waals surface area contributed by atoms with Crippen LogP contribution < -0.4 is 15.4 Å². The molecule has 0 saturated heterocycles. The number of ether oxygens (including phenoxy) is 1. The number of nitrogens with two attached hydrogens (primary N) is 1. The van der Waals surface area contributed by atoms with Gasteiger partial charge in [0, 0.05) is 17.7 Å². The summed E-state index contributed by atoms with van der Waals surface area (Å²) in [6.07, 6.45) is 1.45. The minimum Gasteiger partial charge on any atom is -0.475 e. The molecule has 1 aliphatic heterocycles. The van der Waals surface area contributed by atoms with Gasteiger partial charge in [0.25, 0.3) is 5.89 Å². The fraction of sp³-hybridized carbons (Fsp3) is 0.417. The molecule has 0 saturated carbocycles. The summed E-state index contributed by atoms with van der Waals surface area (Å²) in [6.45, 7) is 9.27. The molecule has 2 aromatic heterocycles. The average molecular weight is 518 g/mol. The molecule has 0 fully saturated rings. The molecule has 0 bridgehead atoms. The van der Waals surface area contributed by atoms with Crippen molar-refractivity contribution in [1.82, 2.24) is 15.2 Å². The van der Waals surface area contributed by atoms with Crippen LogP contribution in [0.25, 0.3) is 11.5 Å². The number of hydrogen-bond donors (Lipinski definition) is 1. The molecule has 1 atom stereocenters. The predicted molar refractivity (Wildman–Crippen MR) is 130 cm³/mol. The zero-order chi connectivity index (χ0) is 26.4. The van der Waals surface area contributed by atoms with Crippen molar-refractivity contribution in [3.8, 4) is 17.3 Å². The van der Waals surface area contributed by atoms with Gasteiger partial charge in [-0.1, -0.05) is 26.8 Å². The molecular weight excluding hydrogens is 489 g/mol. The van der Waals surface area contributed by atoms with Crippen molar-refractivity contribution in [3.63, 3.8) is 0 Å². The third-order valence-electron chi connectivity index (χ3n) is 5.45. The SMILES string of the molecule is CC(C)Oc1ccc(CN2C(=O)[C@@H](N)CS(=O)(=O)c3cc(F)c(-c4nnc(C(C)(C)C)o4)cc32)cn1. The highest BCUT2D eigenvalue weighted by molar-refractivity contribution is 7.91. The zero-order valence-electron chi connectivity index (χ0n) is 20.6. The van der Waals surface area contributed by atoms with E-state index in [0.717, 1.165) is 6.07 Å². The van der Waals surface area contributed by atoms with E-state index in [0.29, 0.717) is 11.4 Å². The Morgan fingerprint density at radius 1 is 1.25 bits per heavy atom. The summed E-state index contributed by atoms with van der Waals surface area (Å²) < 4.78 is 52.5. The van der Waals surface area contributed by atoms with Crippen molar-refractivity contribution in [2.24, 2.45) is 5.73 Å². The number of carbonyl (C=O) groups excluding carboxylic acids is 1. The molecule has 3 heterocycles. The quantitative estimate of drug-likeness (QED) is 0.540. The van der Waals surface area contributed by atoms with Crippen LogP contribution >= 0.6 is 0 Å². The van der Waals surface area contributed by atoms with Crippen LogP contribution in [0.15, 0.2) is 39.8 Å². The standard InChI is InChI=1S/C24H28FN5O5S/c1-13(2)34-20-7-6-14(10-27-20)11-30-18-8-15(21-28-29-23(35-21)24(3,4)5)16(25)9-19(18)36(32,33)12-17(26)22(30)31/h6-10,13,17H,11-12,26H2,1-5H3/t17-/m0/s1. The van der Waals surface area contributed by atoms with Gasteiger partial charge in [0.2, 0.25) is 17.7 Å². The normalized spacial score (nSPS) is 17.7. The molecule has 0 radical (unpaired) electrons. The molecule has 0 spiro atoms. The number of carbonyl (C=O) groups is 1. The summed E-state index contributed by atoms with van der Waals surface area (Å²) in [6, 6.07) is 4.14.